The highest BCUT2D eigenvalue weighted by Gasteiger charge is 2.42. The van der Waals surface area contributed by atoms with Crippen LogP contribution in [0.5, 0.6) is 0 Å². The van der Waals surface area contributed by atoms with Gasteiger partial charge in [-0.15, -0.1) is 0 Å². The van der Waals surface area contributed by atoms with Crippen molar-refractivity contribution < 1.29 is 9.53 Å². The molecule has 4 heteroatoms. The van der Waals surface area contributed by atoms with Crippen LogP contribution in [0.3, 0.4) is 0 Å². The van der Waals surface area contributed by atoms with Crippen molar-refractivity contribution >= 4 is 16.8 Å². The van der Waals surface area contributed by atoms with E-state index in [1.54, 1.807) is 13.3 Å². The van der Waals surface area contributed by atoms with E-state index in [0.717, 1.165) is 36.0 Å². The summed E-state index contributed by atoms with van der Waals surface area (Å²) in [6.07, 6.45) is 5.18. The van der Waals surface area contributed by atoms with E-state index < -0.39 is 0 Å². The molecule has 4 nitrogen and oxygen atoms in total. The second-order valence-corrected chi connectivity index (χ2v) is 5.67. The van der Waals surface area contributed by atoms with E-state index in [1.807, 2.05) is 24.3 Å². The number of hydrogen-bond donors (Lipinski definition) is 2. The summed E-state index contributed by atoms with van der Waals surface area (Å²) in [6, 6.07) is 7.87. The van der Waals surface area contributed by atoms with Crippen LogP contribution in [0.15, 0.2) is 30.5 Å². The number of amides is 1. The van der Waals surface area contributed by atoms with E-state index in [1.165, 1.54) is 12.8 Å². The molecule has 0 unspecified atom stereocenters. The number of ether oxygens (including phenoxy) is 1. The summed E-state index contributed by atoms with van der Waals surface area (Å²) in [7, 11) is 1.72. The van der Waals surface area contributed by atoms with E-state index in [9.17, 15) is 4.79 Å². The van der Waals surface area contributed by atoms with Gasteiger partial charge in [0.2, 0.25) is 0 Å². The number of hydrogen-bond acceptors (Lipinski definition) is 2. The fourth-order valence-electron chi connectivity index (χ4n) is 2.63. The normalized spacial score (nSPS) is 16.2. The molecule has 0 spiro atoms. The van der Waals surface area contributed by atoms with Crippen LogP contribution < -0.4 is 5.32 Å². The summed E-state index contributed by atoms with van der Waals surface area (Å²) in [4.78, 5) is 15.4. The number of fused-ring (bicyclic) bond motifs is 1. The number of aromatic nitrogens is 1. The first-order valence-corrected chi connectivity index (χ1v) is 7.07. The molecule has 1 amide bonds. The van der Waals surface area contributed by atoms with Gasteiger partial charge >= 0.3 is 0 Å². The standard InChI is InChI=1S/C16H20N2O2/c1-20-9-8-16(6-7-16)11-18-15(19)13-10-17-14-5-3-2-4-12(13)14/h2-5,10,17H,6-9,11H2,1H3,(H,18,19). The molecule has 2 N–H and O–H groups in total. The average Bonchev–Trinajstić information content (AvgIpc) is 3.12. The first-order chi connectivity index (χ1) is 9.74. The molecule has 106 valence electrons. The summed E-state index contributed by atoms with van der Waals surface area (Å²) in [5.41, 5.74) is 2.00. The lowest BCUT2D eigenvalue weighted by atomic mass is 10.0. The lowest BCUT2D eigenvalue weighted by Gasteiger charge is -2.15. The Morgan fingerprint density at radius 2 is 2.20 bits per heavy atom. The third kappa shape index (κ3) is 2.56. The first kappa shape index (κ1) is 13.2. The molecule has 0 atom stereocenters. The van der Waals surface area contributed by atoms with Gasteiger partial charge in [-0.2, -0.15) is 0 Å². The number of H-pyrrole nitrogens is 1. The zero-order valence-electron chi connectivity index (χ0n) is 11.7. The van der Waals surface area contributed by atoms with Crippen molar-refractivity contribution in [1.29, 1.82) is 0 Å². The van der Waals surface area contributed by atoms with Gasteiger partial charge in [0.25, 0.3) is 5.91 Å². The highest BCUT2D eigenvalue weighted by molar-refractivity contribution is 6.06. The minimum atomic E-state index is 0.00569. The highest BCUT2D eigenvalue weighted by Crippen LogP contribution is 2.48. The fraction of sp³-hybridized carbons (Fsp3) is 0.438. The number of rotatable bonds is 6. The zero-order chi connectivity index (χ0) is 14.0. The average molecular weight is 272 g/mol. The molecule has 1 aromatic heterocycles. The zero-order valence-corrected chi connectivity index (χ0v) is 11.7. The van der Waals surface area contributed by atoms with Gasteiger partial charge in [0, 0.05) is 37.4 Å². The summed E-state index contributed by atoms with van der Waals surface area (Å²) >= 11 is 0. The Kier molecular flexibility index (Phi) is 3.49. The largest absolute Gasteiger partial charge is 0.385 e. The van der Waals surface area contributed by atoms with Gasteiger partial charge in [0.1, 0.15) is 0 Å². The van der Waals surface area contributed by atoms with Crippen molar-refractivity contribution in [2.75, 3.05) is 20.3 Å². The molecule has 3 rings (SSSR count). The molecular weight excluding hydrogens is 252 g/mol. The van der Waals surface area contributed by atoms with Gasteiger partial charge in [-0.3, -0.25) is 4.79 Å². The monoisotopic (exact) mass is 272 g/mol. The van der Waals surface area contributed by atoms with Gasteiger partial charge < -0.3 is 15.0 Å². The number of carbonyl (C=O) groups excluding carboxylic acids is 1. The third-order valence-electron chi connectivity index (χ3n) is 4.25. The Balaban J connectivity index is 1.65. The van der Waals surface area contributed by atoms with Crippen molar-refractivity contribution in [2.24, 2.45) is 5.41 Å². The first-order valence-electron chi connectivity index (χ1n) is 7.07. The predicted molar refractivity (Wildman–Crippen MR) is 78.8 cm³/mol. The maximum absolute atomic E-state index is 12.3. The lowest BCUT2D eigenvalue weighted by Crippen LogP contribution is -2.30. The molecule has 1 saturated carbocycles. The minimum absolute atomic E-state index is 0.00569. The second kappa shape index (κ2) is 5.29. The van der Waals surface area contributed by atoms with Crippen LogP contribution in [0.25, 0.3) is 10.9 Å². The Morgan fingerprint density at radius 1 is 1.40 bits per heavy atom. The van der Waals surface area contributed by atoms with Gasteiger partial charge in [-0.1, -0.05) is 18.2 Å². The van der Waals surface area contributed by atoms with Crippen LogP contribution in [0.4, 0.5) is 0 Å². The molecule has 1 aliphatic rings. The Bertz CT molecular complexity index is 614. The van der Waals surface area contributed by atoms with Crippen LogP contribution in [0.1, 0.15) is 29.6 Å². The molecule has 2 aromatic rings. The van der Waals surface area contributed by atoms with E-state index in [2.05, 4.69) is 10.3 Å². The second-order valence-electron chi connectivity index (χ2n) is 5.67. The predicted octanol–water partition coefficient (Wildman–Crippen LogP) is 2.71. The summed E-state index contributed by atoms with van der Waals surface area (Å²) in [5.74, 6) is 0.00569. The number of para-hydroxylation sites is 1. The quantitative estimate of drug-likeness (QED) is 0.849. The molecule has 1 heterocycles. The van der Waals surface area contributed by atoms with Crippen molar-refractivity contribution in [3.8, 4) is 0 Å². The molecule has 1 aliphatic carbocycles. The number of nitrogens with one attached hydrogen (secondary N) is 2. The Labute approximate surface area is 118 Å². The molecule has 0 aliphatic heterocycles. The van der Waals surface area contributed by atoms with E-state index in [4.69, 9.17) is 4.74 Å². The van der Waals surface area contributed by atoms with Gasteiger partial charge in [0.05, 0.1) is 5.56 Å². The van der Waals surface area contributed by atoms with Gasteiger partial charge in [0.15, 0.2) is 0 Å². The van der Waals surface area contributed by atoms with Crippen molar-refractivity contribution in [3.63, 3.8) is 0 Å². The third-order valence-corrected chi connectivity index (χ3v) is 4.25. The minimum Gasteiger partial charge on any atom is -0.385 e. The van der Waals surface area contributed by atoms with Crippen LogP contribution in [0.2, 0.25) is 0 Å². The Hall–Kier alpha value is -1.81. The molecule has 0 bridgehead atoms. The van der Waals surface area contributed by atoms with Gasteiger partial charge in [-0.05, 0) is 30.7 Å². The molecule has 1 fully saturated rings. The fourth-order valence-corrected chi connectivity index (χ4v) is 2.63. The molecule has 0 saturated heterocycles. The number of carbonyl (C=O) groups is 1. The van der Waals surface area contributed by atoms with Crippen LogP contribution in [-0.4, -0.2) is 31.2 Å². The van der Waals surface area contributed by atoms with Crippen molar-refractivity contribution in [3.05, 3.63) is 36.0 Å². The smallest absolute Gasteiger partial charge is 0.253 e. The van der Waals surface area contributed by atoms with Gasteiger partial charge in [-0.25, -0.2) is 0 Å². The summed E-state index contributed by atoms with van der Waals surface area (Å²) < 4.78 is 5.14. The summed E-state index contributed by atoms with van der Waals surface area (Å²) in [5, 5.41) is 4.05. The summed E-state index contributed by atoms with van der Waals surface area (Å²) in [6.45, 7) is 1.51. The lowest BCUT2D eigenvalue weighted by molar-refractivity contribution is 0.0939. The molecule has 0 radical (unpaired) electrons. The van der Waals surface area contributed by atoms with Crippen LogP contribution in [0, 0.1) is 5.41 Å². The molecule has 20 heavy (non-hydrogen) atoms. The van der Waals surface area contributed by atoms with Crippen LogP contribution in [-0.2, 0) is 4.74 Å². The Morgan fingerprint density at radius 3 is 2.95 bits per heavy atom. The maximum Gasteiger partial charge on any atom is 0.253 e. The van der Waals surface area contributed by atoms with Crippen LogP contribution >= 0.6 is 0 Å². The van der Waals surface area contributed by atoms with Crippen molar-refractivity contribution in [1.82, 2.24) is 10.3 Å². The number of aromatic amines is 1. The highest BCUT2D eigenvalue weighted by atomic mass is 16.5. The number of benzene rings is 1. The number of methoxy groups -OCH3 is 1. The SMILES string of the molecule is COCCC1(CNC(=O)c2c[nH]c3ccccc23)CC1. The van der Waals surface area contributed by atoms with E-state index in [0.29, 0.717) is 0 Å². The topological polar surface area (TPSA) is 54.1 Å². The van der Waals surface area contributed by atoms with E-state index >= 15 is 0 Å². The molecule has 1 aromatic carbocycles. The van der Waals surface area contributed by atoms with E-state index in [-0.39, 0.29) is 11.3 Å². The van der Waals surface area contributed by atoms with Crippen molar-refractivity contribution in [2.45, 2.75) is 19.3 Å². The molecular formula is C16H20N2O2. The maximum atomic E-state index is 12.3.